The number of halogens is 2. The number of hydrogen-bond acceptors (Lipinski definition) is 1. The van der Waals surface area contributed by atoms with Crippen LogP contribution in [0.4, 0.5) is 5.69 Å². The highest BCUT2D eigenvalue weighted by Gasteiger charge is 2.14. The van der Waals surface area contributed by atoms with Crippen LogP contribution in [0.3, 0.4) is 0 Å². The highest BCUT2D eigenvalue weighted by Crippen LogP contribution is 2.24. The third kappa shape index (κ3) is 3.52. The Bertz CT molecular complexity index is 635. The second-order valence-corrected chi connectivity index (χ2v) is 6.44. The molecule has 0 aliphatic carbocycles. The molecule has 1 heterocycles. The molecule has 1 aromatic carbocycles. The molecule has 1 N–H and O–H groups in total. The van der Waals surface area contributed by atoms with Crippen LogP contribution in [-0.2, 0) is 6.54 Å². The zero-order chi connectivity index (χ0) is 14.7. The molecule has 2 aromatic rings. The molecule has 1 amide bonds. The van der Waals surface area contributed by atoms with Crippen LogP contribution < -0.4 is 5.32 Å². The van der Waals surface area contributed by atoms with Crippen molar-refractivity contribution in [3.05, 3.63) is 50.7 Å². The average molecular weight is 400 g/mol. The van der Waals surface area contributed by atoms with Gasteiger partial charge in [-0.15, -0.1) is 0 Å². The minimum absolute atomic E-state index is 0.103. The number of rotatable bonds is 4. The van der Waals surface area contributed by atoms with E-state index in [4.69, 9.17) is 0 Å². The summed E-state index contributed by atoms with van der Waals surface area (Å²) in [6, 6.07) is 7.70. The van der Waals surface area contributed by atoms with E-state index in [1.807, 2.05) is 42.0 Å². The van der Waals surface area contributed by atoms with E-state index in [1.165, 1.54) is 0 Å². The fourth-order valence-electron chi connectivity index (χ4n) is 2.00. The number of carbonyl (C=O) groups is 1. The fraction of sp³-hybridized carbons (Fsp3) is 0.267. The lowest BCUT2D eigenvalue weighted by atomic mass is 10.2. The molecule has 0 radical (unpaired) electrons. The van der Waals surface area contributed by atoms with Crippen molar-refractivity contribution >= 4 is 43.5 Å². The summed E-state index contributed by atoms with van der Waals surface area (Å²) in [7, 11) is 0. The van der Waals surface area contributed by atoms with Gasteiger partial charge in [0.2, 0.25) is 0 Å². The lowest BCUT2D eigenvalue weighted by Gasteiger charge is -2.10. The van der Waals surface area contributed by atoms with Gasteiger partial charge in [-0.05, 0) is 69.0 Å². The number of carbonyl (C=O) groups excluding carboxylic acids is 1. The molecule has 0 saturated heterocycles. The van der Waals surface area contributed by atoms with Crippen molar-refractivity contribution in [1.82, 2.24) is 4.57 Å². The van der Waals surface area contributed by atoms with Gasteiger partial charge in [0.05, 0.1) is 5.69 Å². The molecule has 1 aromatic heterocycles. The molecule has 3 nitrogen and oxygen atoms in total. The van der Waals surface area contributed by atoms with Gasteiger partial charge in [-0.2, -0.15) is 0 Å². The Hall–Kier alpha value is -1.07. The largest absolute Gasteiger partial charge is 0.342 e. The minimum atomic E-state index is -0.103. The normalized spacial score (nSPS) is 10.6. The van der Waals surface area contributed by atoms with E-state index < -0.39 is 0 Å². The second kappa shape index (κ2) is 6.59. The van der Waals surface area contributed by atoms with Crippen LogP contribution in [0.1, 0.15) is 29.4 Å². The molecule has 20 heavy (non-hydrogen) atoms. The first-order valence-electron chi connectivity index (χ1n) is 6.44. The molecule has 0 unspecified atom stereocenters. The fourth-order valence-corrected chi connectivity index (χ4v) is 3.06. The second-order valence-electron chi connectivity index (χ2n) is 4.67. The zero-order valence-corrected chi connectivity index (χ0v) is 14.6. The van der Waals surface area contributed by atoms with E-state index in [0.29, 0.717) is 5.69 Å². The van der Waals surface area contributed by atoms with Gasteiger partial charge in [0, 0.05) is 21.7 Å². The van der Waals surface area contributed by atoms with E-state index in [1.54, 1.807) is 0 Å². The van der Waals surface area contributed by atoms with Gasteiger partial charge in [0.1, 0.15) is 5.69 Å². The number of aromatic nitrogens is 1. The van der Waals surface area contributed by atoms with Crippen LogP contribution in [0.25, 0.3) is 0 Å². The standard InChI is InChI=1S/C15H16Br2N2O/c1-3-6-19-9-11(16)8-14(19)15(20)18-13-5-4-10(2)7-12(13)17/h4-5,7-9H,3,6H2,1-2H3,(H,18,20). The molecular weight excluding hydrogens is 384 g/mol. The Morgan fingerprint density at radius 1 is 1.30 bits per heavy atom. The van der Waals surface area contributed by atoms with E-state index in [2.05, 4.69) is 44.1 Å². The SMILES string of the molecule is CCCn1cc(Br)cc1C(=O)Nc1ccc(C)cc1Br. The molecule has 5 heteroatoms. The van der Waals surface area contributed by atoms with E-state index in [-0.39, 0.29) is 5.91 Å². The maximum absolute atomic E-state index is 12.4. The van der Waals surface area contributed by atoms with Crippen molar-refractivity contribution in [2.24, 2.45) is 0 Å². The number of hydrogen-bond donors (Lipinski definition) is 1. The summed E-state index contributed by atoms with van der Waals surface area (Å²) in [6.07, 6.45) is 2.91. The number of nitrogens with zero attached hydrogens (tertiary/aromatic N) is 1. The van der Waals surface area contributed by atoms with Crippen LogP contribution in [-0.4, -0.2) is 10.5 Å². The van der Waals surface area contributed by atoms with Gasteiger partial charge in [-0.3, -0.25) is 4.79 Å². The highest BCUT2D eigenvalue weighted by atomic mass is 79.9. The lowest BCUT2D eigenvalue weighted by molar-refractivity contribution is 0.101. The Morgan fingerprint density at radius 3 is 2.70 bits per heavy atom. The molecule has 2 rings (SSSR count). The summed E-state index contributed by atoms with van der Waals surface area (Å²) in [5, 5.41) is 2.94. The Balaban J connectivity index is 2.23. The van der Waals surface area contributed by atoms with Crippen LogP contribution in [0.2, 0.25) is 0 Å². The Labute approximate surface area is 135 Å². The molecule has 0 aliphatic rings. The predicted molar refractivity (Wildman–Crippen MR) is 89.3 cm³/mol. The highest BCUT2D eigenvalue weighted by molar-refractivity contribution is 9.10. The maximum atomic E-state index is 12.4. The number of amides is 1. The molecule has 0 fully saturated rings. The van der Waals surface area contributed by atoms with Crippen LogP contribution >= 0.6 is 31.9 Å². The molecule has 0 spiro atoms. The minimum Gasteiger partial charge on any atom is -0.342 e. The summed E-state index contributed by atoms with van der Waals surface area (Å²) in [5.74, 6) is -0.103. The van der Waals surface area contributed by atoms with Crippen molar-refractivity contribution < 1.29 is 4.79 Å². The van der Waals surface area contributed by atoms with Crippen LogP contribution in [0, 0.1) is 6.92 Å². The quantitative estimate of drug-likeness (QED) is 0.772. The van der Waals surface area contributed by atoms with Crippen LogP contribution in [0.5, 0.6) is 0 Å². The summed E-state index contributed by atoms with van der Waals surface area (Å²) in [6.45, 7) is 4.93. The number of benzene rings is 1. The summed E-state index contributed by atoms with van der Waals surface area (Å²) in [4.78, 5) is 12.4. The smallest absolute Gasteiger partial charge is 0.272 e. The van der Waals surface area contributed by atoms with Crippen molar-refractivity contribution in [3.8, 4) is 0 Å². The Morgan fingerprint density at radius 2 is 2.05 bits per heavy atom. The van der Waals surface area contributed by atoms with Gasteiger partial charge >= 0.3 is 0 Å². The predicted octanol–water partition coefficient (Wildman–Crippen LogP) is 4.98. The number of nitrogens with one attached hydrogen (secondary N) is 1. The van der Waals surface area contributed by atoms with Crippen molar-refractivity contribution in [2.45, 2.75) is 26.8 Å². The molecule has 106 valence electrons. The van der Waals surface area contributed by atoms with Crippen molar-refractivity contribution in [3.63, 3.8) is 0 Å². The monoisotopic (exact) mass is 398 g/mol. The van der Waals surface area contributed by atoms with Gasteiger partial charge in [0.15, 0.2) is 0 Å². The summed E-state index contributed by atoms with van der Waals surface area (Å²) in [5.41, 5.74) is 2.58. The summed E-state index contributed by atoms with van der Waals surface area (Å²) >= 11 is 6.89. The molecule has 0 bridgehead atoms. The molecule has 0 saturated carbocycles. The Kier molecular flexibility index (Phi) is 5.05. The first kappa shape index (κ1) is 15.3. The first-order chi connectivity index (χ1) is 9.51. The summed E-state index contributed by atoms with van der Waals surface area (Å²) < 4.78 is 3.76. The molecule has 0 atom stereocenters. The van der Waals surface area contributed by atoms with E-state index >= 15 is 0 Å². The lowest BCUT2D eigenvalue weighted by Crippen LogP contribution is -2.17. The van der Waals surface area contributed by atoms with Gasteiger partial charge in [-0.25, -0.2) is 0 Å². The van der Waals surface area contributed by atoms with Gasteiger partial charge in [0.25, 0.3) is 5.91 Å². The van der Waals surface area contributed by atoms with Gasteiger partial charge < -0.3 is 9.88 Å². The van der Waals surface area contributed by atoms with Gasteiger partial charge in [-0.1, -0.05) is 13.0 Å². The zero-order valence-electron chi connectivity index (χ0n) is 11.4. The van der Waals surface area contributed by atoms with Crippen molar-refractivity contribution in [2.75, 3.05) is 5.32 Å². The van der Waals surface area contributed by atoms with Crippen LogP contribution in [0.15, 0.2) is 39.4 Å². The average Bonchev–Trinajstić information content (AvgIpc) is 2.74. The maximum Gasteiger partial charge on any atom is 0.272 e. The van der Waals surface area contributed by atoms with E-state index in [9.17, 15) is 4.79 Å². The number of anilines is 1. The third-order valence-corrected chi connectivity index (χ3v) is 4.02. The molecular formula is C15H16Br2N2O. The topological polar surface area (TPSA) is 34.0 Å². The number of aryl methyl sites for hydroxylation is 2. The first-order valence-corrected chi connectivity index (χ1v) is 8.03. The van der Waals surface area contributed by atoms with E-state index in [0.717, 1.165) is 33.2 Å². The molecule has 0 aliphatic heterocycles. The third-order valence-electron chi connectivity index (χ3n) is 2.93. The van der Waals surface area contributed by atoms with Crippen molar-refractivity contribution in [1.29, 1.82) is 0 Å².